The third-order valence-electron chi connectivity index (χ3n) is 3.23. The van der Waals surface area contributed by atoms with Crippen molar-refractivity contribution >= 4 is 17.5 Å². The van der Waals surface area contributed by atoms with Crippen molar-refractivity contribution in [3.05, 3.63) is 59.1 Å². The van der Waals surface area contributed by atoms with Crippen LogP contribution in [0.1, 0.15) is 25.5 Å². The van der Waals surface area contributed by atoms with Crippen LogP contribution in [0.4, 0.5) is 0 Å². The molecule has 0 aliphatic rings. The lowest BCUT2D eigenvalue weighted by Crippen LogP contribution is -2.31. The van der Waals surface area contributed by atoms with Gasteiger partial charge in [0.05, 0.1) is 12.6 Å². The van der Waals surface area contributed by atoms with Gasteiger partial charge in [-0.25, -0.2) is 0 Å². The Morgan fingerprint density at radius 2 is 1.78 bits per heavy atom. The quantitative estimate of drug-likeness (QED) is 0.833. The molecular weight excluding hydrogens is 314 g/mol. The third kappa shape index (κ3) is 5.49. The molecular formula is C18H20ClNO3. The monoisotopic (exact) mass is 333 g/mol. The second-order valence-corrected chi connectivity index (χ2v) is 5.47. The minimum atomic E-state index is -0.189. The van der Waals surface area contributed by atoms with Gasteiger partial charge in [0.25, 0.3) is 5.91 Å². The number of nitrogens with one attached hydrogen (secondary N) is 1. The van der Waals surface area contributed by atoms with Crippen molar-refractivity contribution in [3.8, 4) is 11.5 Å². The van der Waals surface area contributed by atoms with Gasteiger partial charge in [0.1, 0.15) is 11.5 Å². The Labute approximate surface area is 141 Å². The molecule has 0 bridgehead atoms. The molecule has 0 radical (unpaired) electrons. The largest absolute Gasteiger partial charge is 0.494 e. The number of rotatable bonds is 7. The van der Waals surface area contributed by atoms with Gasteiger partial charge in [-0.3, -0.25) is 4.79 Å². The first-order chi connectivity index (χ1) is 11.1. The molecule has 0 saturated carbocycles. The molecule has 2 rings (SSSR count). The molecule has 1 unspecified atom stereocenters. The summed E-state index contributed by atoms with van der Waals surface area (Å²) in [7, 11) is 0. The standard InChI is InChI=1S/C18H20ClNO3/c1-3-22-16-7-9-17(10-8-16)23-12-18(21)20-13(2)14-5-4-6-15(19)11-14/h4-11,13H,3,12H2,1-2H3,(H,20,21). The van der Waals surface area contributed by atoms with E-state index in [9.17, 15) is 4.79 Å². The van der Waals surface area contributed by atoms with E-state index in [0.29, 0.717) is 17.4 Å². The number of carbonyl (C=O) groups is 1. The predicted octanol–water partition coefficient (Wildman–Crippen LogP) is 3.99. The van der Waals surface area contributed by atoms with E-state index in [1.807, 2.05) is 44.2 Å². The smallest absolute Gasteiger partial charge is 0.258 e. The number of benzene rings is 2. The molecule has 2 aromatic rings. The normalized spacial score (nSPS) is 11.6. The van der Waals surface area contributed by atoms with Gasteiger partial charge in [0.15, 0.2) is 6.61 Å². The lowest BCUT2D eigenvalue weighted by molar-refractivity contribution is -0.123. The Kier molecular flexibility index (Phi) is 6.29. The highest BCUT2D eigenvalue weighted by Crippen LogP contribution is 2.18. The summed E-state index contributed by atoms with van der Waals surface area (Å²) < 4.78 is 10.8. The van der Waals surface area contributed by atoms with Crippen molar-refractivity contribution in [2.45, 2.75) is 19.9 Å². The van der Waals surface area contributed by atoms with E-state index in [0.717, 1.165) is 11.3 Å². The Bertz CT molecular complexity index is 643. The van der Waals surface area contributed by atoms with E-state index in [-0.39, 0.29) is 18.6 Å². The molecule has 0 saturated heterocycles. The maximum atomic E-state index is 12.0. The lowest BCUT2D eigenvalue weighted by Gasteiger charge is -2.15. The number of halogens is 1. The minimum absolute atomic E-state index is 0.0428. The molecule has 122 valence electrons. The molecule has 0 heterocycles. The predicted molar refractivity (Wildman–Crippen MR) is 91.1 cm³/mol. The van der Waals surface area contributed by atoms with E-state index >= 15 is 0 Å². The molecule has 0 aromatic heterocycles. The van der Waals surface area contributed by atoms with Crippen LogP contribution in [0.25, 0.3) is 0 Å². The highest BCUT2D eigenvalue weighted by Gasteiger charge is 2.10. The minimum Gasteiger partial charge on any atom is -0.494 e. The molecule has 2 aromatic carbocycles. The fourth-order valence-corrected chi connectivity index (χ4v) is 2.29. The molecule has 1 amide bonds. The van der Waals surface area contributed by atoms with Crippen molar-refractivity contribution < 1.29 is 14.3 Å². The van der Waals surface area contributed by atoms with Gasteiger partial charge in [0.2, 0.25) is 0 Å². The highest BCUT2D eigenvalue weighted by molar-refractivity contribution is 6.30. The van der Waals surface area contributed by atoms with Crippen molar-refractivity contribution in [1.82, 2.24) is 5.32 Å². The molecule has 0 spiro atoms. The number of hydrogen-bond donors (Lipinski definition) is 1. The van der Waals surface area contributed by atoms with Gasteiger partial charge in [-0.2, -0.15) is 0 Å². The molecule has 0 fully saturated rings. The van der Waals surface area contributed by atoms with E-state index < -0.39 is 0 Å². The van der Waals surface area contributed by atoms with Gasteiger partial charge >= 0.3 is 0 Å². The van der Waals surface area contributed by atoms with Crippen LogP contribution in [0, 0.1) is 0 Å². The van der Waals surface area contributed by atoms with Crippen molar-refractivity contribution in [1.29, 1.82) is 0 Å². The molecule has 5 heteroatoms. The van der Waals surface area contributed by atoms with E-state index in [1.54, 1.807) is 18.2 Å². The summed E-state index contributed by atoms with van der Waals surface area (Å²) in [6.07, 6.45) is 0. The molecule has 4 nitrogen and oxygen atoms in total. The van der Waals surface area contributed by atoms with Crippen molar-refractivity contribution in [2.75, 3.05) is 13.2 Å². The Hall–Kier alpha value is -2.20. The SMILES string of the molecule is CCOc1ccc(OCC(=O)NC(C)c2cccc(Cl)c2)cc1. The fourth-order valence-electron chi connectivity index (χ4n) is 2.09. The van der Waals surface area contributed by atoms with Crippen LogP contribution in [0.2, 0.25) is 5.02 Å². The van der Waals surface area contributed by atoms with Gasteiger partial charge < -0.3 is 14.8 Å². The van der Waals surface area contributed by atoms with E-state index in [2.05, 4.69) is 5.32 Å². The molecule has 0 aliphatic heterocycles. The van der Waals surface area contributed by atoms with Crippen LogP contribution in [0.15, 0.2) is 48.5 Å². The first kappa shape index (κ1) is 17.2. The summed E-state index contributed by atoms with van der Waals surface area (Å²) in [6, 6.07) is 14.5. The summed E-state index contributed by atoms with van der Waals surface area (Å²) in [5.74, 6) is 1.21. The van der Waals surface area contributed by atoms with Crippen LogP contribution < -0.4 is 14.8 Å². The second-order valence-electron chi connectivity index (χ2n) is 5.04. The van der Waals surface area contributed by atoms with Gasteiger partial charge in [-0.05, 0) is 55.8 Å². The summed E-state index contributed by atoms with van der Waals surface area (Å²) in [6.45, 7) is 4.40. The number of carbonyl (C=O) groups excluding carboxylic acids is 1. The Morgan fingerprint density at radius 1 is 1.13 bits per heavy atom. The third-order valence-corrected chi connectivity index (χ3v) is 3.47. The number of hydrogen-bond acceptors (Lipinski definition) is 3. The van der Waals surface area contributed by atoms with Gasteiger partial charge in [-0.1, -0.05) is 23.7 Å². The van der Waals surface area contributed by atoms with E-state index in [4.69, 9.17) is 21.1 Å². The van der Waals surface area contributed by atoms with Crippen molar-refractivity contribution in [2.24, 2.45) is 0 Å². The van der Waals surface area contributed by atoms with Gasteiger partial charge in [-0.15, -0.1) is 0 Å². The van der Waals surface area contributed by atoms with Crippen LogP contribution in [0.3, 0.4) is 0 Å². The van der Waals surface area contributed by atoms with Crippen molar-refractivity contribution in [3.63, 3.8) is 0 Å². The fraction of sp³-hybridized carbons (Fsp3) is 0.278. The van der Waals surface area contributed by atoms with Crippen LogP contribution in [0.5, 0.6) is 11.5 Å². The first-order valence-corrected chi connectivity index (χ1v) is 7.86. The lowest BCUT2D eigenvalue weighted by atomic mass is 10.1. The molecule has 23 heavy (non-hydrogen) atoms. The first-order valence-electron chi connectivity index (χ1n) is 7.49. The maximum absolute atomic E-state index is 12.0. The Morgan fingerprint density at radius 3 is 2.39 bits per heavy atom. The molecule has 1 N–H and O–H groups in total. The average molecular weight is 334 g/mol. The highest BCUT2D eigenvalue weighted by atomic mass is 35.5. The summed E-state index contributed by atoms with van der Waals surface area (Å²) in [4.78, 5) is 12.0. The van der Waals surface area contributed by atoms with Crippen LogP contribution in [-0.2, 0) is 4.79 Å². The molecule has 0 aliphatic carbocycles. The summed E-state index contributed by atoms with van der Waals surface area (Å²) >= 11 is 5.95. The summed E-state index contributed by atoms with van der Waals surface area (Å²) in [5, 5.41) is 3.53. The number of amides is 1. The molecule has 1 atom stereocenters. The zero-order valence-corrected chi connectivity index (χ0v) is 14.0. The summed E-state index contributed by atoms with van der Waals surface area (Å²) in [5.41, 5.74) is 0.951. The topological polar surface area (TPSA) is 47.6 Å². The maximum Gasteiger partial charge on any atom is 0.258 e. The Balaban J connectivity index is 1.82. The van der Waals surface area contributed by atoms with E-state index in [1.165, 1.54) is 0 Å². The van der Waals surface area contributed by atoms with Gasteiger partial charge in [0, 0.05) is 5.02 Å². The van der Waals surface area contributed by atoms with Crippen LogP contribution >= 0.6 is 11.6 Å². The zero-order chi connectivity index (χ0) is 16.7. The number of ether oxygens (including phenoxy) is 2. The average Bonchev–Trinajstić information content (AvgIpc) is 2.54. The van der Waals surface area contributed by atoms with Crippen LogP contribution in [-0.4, -0.2) is 19.1 Å². The second kappa shape index (κ2) is 8.44. The zero-order valence-electron chi connectivity index (χ0n) is 13.2.